The van der Waals surface area contributed by atoms with E-state index in [2.05, 4.69) is 30.6 Å². The topological polar surface area (TPSA) is 137 Å². The zero-order valence-corrected chi connectivity index (χ0v) is 26.5. The van der Waals surface area contributed by atoms with Crippen molar-refractivity contribution in [2.75, 3.05) is 12.4 Å². The first-order chi connectivity index (χ1) is 21.9. The number of hydrogen-bond acceptors (Lipinski definition) is 8. The van der Waals surface area contributed by atoms with Gasteiger partial charge in [0, 0.05) is 26.5 Å². The van der Waals surface area contributed by atoms with Gasteiger partial charge in [-0.3, -0.25) is 5.32 Å². The molecule has 3 heterocycles. The fraction of sp³-hybridized carbons (Fsp3) is 0.0968. The van der Waals surface area contributed by atoms with Crippen LogP contribution in [0, 0.1) is 11.0 Å². The second kappa shape index (κ2) is 13.5. The number of ether oxygens (including phenoxy) is 1. The van der Waals surface area contributed by atoms with Crippen LogP contribution in [0.15, 0.2) is 97.6 Å². The lowest BCUT2D eigenvalue weighted by Gasteiger charge is -2.24. The third kappa shape index (κ3) is 6.84. The number of benzene rings is 3. The highest BCUT2D eigenvalue weighted by molar-refractivity contribution is 14.2. The highest BCUT2D eigenvalue weighted by Crippen LogP contribution is 2.36. The van der Waals surface area contributed by atoms with Crippen molar-refractivity contribution >= 4 is 53.5 Å². The second-order valence-corrected chi connectivity index (χ2v) is 12.9. The lowest BCUT2D eigenvalue weighted by atomic mass is 9.94. The molecule has 228 valence electrons. The summed E-state index contributed by atoms with van der Waals surface area (Å²) in [4.78, 5) is 19.7. The minimum atomic E-state index is -1.24. The van der Waals surface area contributed by atoms with Gasteiger partial charge in [-0.25, -0.2) is 14.2 Å². The highest BCUT2D eigenvalue weighted by atomic mass is 127. The average Bonchev–Trinajstić information content (AvgIpc) is 3.73. The Morgan fingerprint density at radius 2 is 1.93 bits per heavy atom. The molecule has 14 heteroatoms. The number of halogens is 3. The normalized spacial score (nSPS) is 13.7. The van der Waals surface area contributed by atoms with Gasteiger partial charge in [-0.05, 0) is 73.2 Å². The Balaban J connectivity index is 1.35. The molecular weight excluding hydrogens is 714 g/mol. The number of carbonyl (C=O) groups is 1. The number of amides is 1. The van der Waals surface area contributed by atoms with E-state index >= 15 is 4.39 Å². The second-order valence-electron chi connectivity index (χ2n) is 9.79. The number of aromatic nitrogens is 6. The number of imidazole rings is 1. The van der Waals surface area contributed by atoms with E-state index in [1.807, 2.05) is 48.5 Å². The summed E-state index contributed by atoms with van der Waals surface area (Å²) >= 11 is 4.93. The van der Waals surface area contributed by atoms with Crippen molar-refractivity contribution in [2.45, 2.75) is 12.3 Å². The first-order valence-corrected chi connectivity index (χ1v) is 16.0. The fourth-order valence-electron chi connectivity index (χ4n) is 4.81. The van der Waals surface area contributed by atoms with E-state index in [0.717, 1.165) is 23.6 Å². The van der Waals surface area contributed by atoms with E-state index in [-0.39, 0.29) is 16.5 Å². The van der Waals surface area contributed by atoms with Crippen molar-refractivity contribution in [1.82, 2.24) is 33.5 Å². The minimum absolute atomic E-state index is 0.0871. The molecule has 0 saturated carbocycles. The monoisotopic (exact) mass is 737 g/mol. The molecule has 0 bridgehead atoms. The Morgan fingerprint density at radius 1 is 1.13 bits per heavy atom. The Labute approximate surface area is 272 Å². The summed E-state index contributed by atoms with van der Waals surface area (Å²) in [6, 6.07) is 20.2. The van der Waals surface area contributed by atoms with Crippen LogP contribution in [0.2, 0.25) is 5.02 Å². The summed E-state index contributed by atoms with van der Waals surface area (Å²) in [5, 5.41) is 27.1. The van der Waals surface area contributed by atoms with Crippen LogP contribution in [0.1, 0.15) is 22.9 Å². The average molecular weight is 738 g/mol. The van der Waals surface area contributed by atoms with Gasteiger partial charge in [-0.2, -0.15) is 4.68 Å². The van der Waals surface area contributed by atoms with Crippen LogP contribution in [0.3, 0.4) is 0 Å². The number of aromatic amines is 1. The van der Waals surface area contributed by atoms with Gasteiger partial charge in [0.15, 0.2) is 5.82 Å². The molecule has 2 N–H and O–H groups in total. The zero-order valence-electron chi connectivity index (χ0n) is 23.6. The summed E-state index contributed by atoms with van der Waals surface area (Å²) in [6.07, 6.45) is 8.11. The first-order valence-electron chi connectivity index (χ1n) is 13.5. The molecule has 1 atom stereocenters. The van der Waals surface area contributed by atoms with Crippen LogP contribution in [-0.2, 0) is 11.2 Å². The standard InChI is InChI=1S/C31H24ClFIN8O3/c1-45-31(43)37-22-10-7-20(8-11-22)26-16-35-30(38-26)23(15-19-5-3-2-4-6-19)25-13-9-21(17-42(44)34-25)28-27(41-18-36-39-40-41)14-12-24(32)29(28)33/h2-14,16-18,23H,15H2,1H3,(H,35,38)(H,37,43)/q-1/t23-/m0/s1. The molecule has 1 aliphatic rings. The number of hydroxylamine groups is 1. The van der Waals surface area contributed by atoms with Crippen molar-refractivity contribution in [3.05, 3.63) is 131 Å². The summed E-state index contributed by atoms with van der Waals surface area (Å²) in [6.45, 7) is 0. The Bertz CT molecular complexity index is 1910. The van der Waals surface area contributed by atoms with E-state index in [9.17, 15) is 10.0 Å². The quantitative estimate of drug-likeness (QED) is 0.131. The Kier molecular flexibility index (Phi) is 9.09. The number of anilines is 1. The maximum Gasteiger partial charge on any atom is 0.411 e. The fourth-order valence-corrected chi connectivity index (χ4v) is 7.15. The summed E-state index contributed by atoms with van der Waals surface area (Å²) in [5.74, 6) is -0.261. The lowest BCUT2D eigenvalue weighted by Crippen LogP contribution is -2.14. The van der Waals surface area contributed by atoms with Crippen LogP contribution in [0.5, 0.6) is 0 Å². The number of methoxy groups -OCH3 is 1. The molecule has 0 unspecified atom stereocenters. The summed E-state index contributed by atoms with van der Waals surface area (Å²) < 4.78 is 23.3. The predicted molar refractivity (Wildman–Crippen MR) is 178 cm³/mol. The molecule has 1 aliphatic heterocycles. The molecule has 6 rings (SSSR count). The van der Waals surface area contributed by atoms with Gasteiger partial charge in [0.25, 0.3) is 0 Å². The predicted octanol–water partition coefficient (Wildman–Crippen LogP) is 6.82. The van der Waals surface area contributed by atoms with Crippen LogP contribution in [-0.4, -0.2) is 50.2 Å². The molecule has 0 spiro atoms. The maximum atomic E-state index is 15.5. The van der Waals surface area contributed by atoms with E-state index < -0.39 is 32.9 Å². The molecular formula is C31H24ClFIN8O3-. The summed E-state index contributed by atoms with van der Waals surface area (Å²) in [7, 11) is 1.30. The van der Waals surface area contributed by atoms with Gasteiger partial charge in [0.2, 0.25) is 0 Å². The number of H-pyrrole nitrogens is 1. The molecule has 0 fully saturated rings. The molecule has 1 amide bonds. The van der Waals surface area contributed by atoms with Crippen LogP contribution in [0.4, 0.5) is 14.9 Å². The van der Waals surface area contributed by atoms with Gasteiger partial charge in [-0.15, -0.1) is 5.10 Å². The van der Waals surface area contributed by atoms with Crippen LogP contribution < -0.4 is 5.32 Å². The minimum Gasteiger partial charge on any atom is -0.750 e. The molecule has 0 radical (unpaired) electrons. The molecule has 0 aliphatic carbocycles. The smallest absolute Gasteiger partial charge is 0.411 e. The molecule has 3 aromatic carbocycles. The van der Waals surface area contributed by atoms with E-state index in [4.69, 9.17) is 16.6 Å². The molecule has 45 heavy (non-hydrogen) atoms. The van der Waals surface area contributed by atoms with Gasteiger partial charge >= 0.3 is 6.09 Å². The van der Waals surface area contributed by atoms with Crippen LogP contribution in [0.25, 0.3) is 22.5 Å². The number of tetrazole rings is 1. The van der Waals surface area contributed by atoms with Gasteiger partial charge < -0.3 is 18.2 Å². The third-order valence-electron chi connectivity index (χ3n) is 6.97. The lowest BCUT2D eigenvalue weighted by molar-refractivity contribution is 0.187. The Hall–Kier alpha value is -4.73. The number of rotatable bonds is 8. The van der Waals surface area contributed by atoms with Crippen molar-refractivity contribution in [1.29, 1.82) is 0 Å². The highest BCUT2D eigenvalue weighted by Gasteiger charge is 2.24. The van der Waals surface area contributed by atoms with E-state index in [0.29, 0.717) is 29.2 Å². The number of hydrogen-bond donors (Lipinski definition) is 2. The van der Waals surface area contributed by atoms with Gasteiger partial charge in [0.05, 0.1) is 35.6 Å². The van der Waals surface area contributed by atoms with Crippen molar-refractivity contribution in [2.24, 2.45) is 0 Å². The number of carbonyl (C=O) groups excluding carboxylic acids is 1. The zero-order chi connectivity index (χ0) is 31.3. The maximum absolute atomic E-state index is 15.5. The molecule has 5 aromatic rings. The SMILES string of the molecule is COC(=O)Nc1ccc(-c2cnc([C@@H](Cc3ccccc3)C3=IN([O-])C=C(c4c(-n5cnnn5)ccc(Cl)c4F)C=C3)[nH]2)cc1. The van der Waals surface area contributed by atoms with E-state index in [1.54, 1.807) is 30.5 Å². The molecule has 0 saturated heterocycles. The number of nitrogens with zero attached hydrogens (tertiary/aromatic N) is 6. The number of nitrogens with one attached hydrogen (secondary N) is 2. The third-order valence-corrected chi connectivity index (χ3v) is 9.68. The molecule has 2 aromatic heterocycles. The number of allylic oxidation sites excluding steroid dienone is 3. The Morgan fingerprint density at radius 3 is 2.67 bits per heavy atom. The van der Waals surface area contributed by atoms with Gasteiger partial charge in [0.1, 0.15) is 12.2 Å². The van der Waals surface area contributed by atoms with Crippen molar-refractivity contribution in [3.8, 4) is 16.9 Å². The van der Waals surface area contributed by atoms with Crippen molar-refractivity contribution < 1.29 is 13.9 Å². The van der Waals surface area contributed by atoms with E-state index in [1.165, 1.54) is 30.4 Å². The largest absolute Gasteiger partial charge is 0.750 e. The molecule has 11 nitrogen and oxygen atoms in total. The first kappa shape index (κ1) is 30.3. The van der Waals surface area contributed by atoms with Crippen LogP contribution >= 0.6 is 32.6 Å². The summed E-state index contributed by atoms with van der Waals surface area (Å²) in [5.41, 5.74) is 4.09. The van der Waals surface area contributed by atoms with Gasteiger partial charge in [-0.1, -0.05) is 66.2 Å². The van der Waals surface area contributed by atoms with Crippen molar-refractivity contribution in [3.63, 3.8) is 0 Å².